The van der Waals surface area contributed by atoms with E-state index >= 15 is 0 Å². The number of nitrogens with one attached hydrogen (secondary N) is 1. The molecule has 0 heterocycles. The normalized spacial score (nSPS) is 21.1. The van der Waals surface area contributed by atoms with Crippen molar-refractivity contribution in [1.29, 1.82) is 0 Å². The van der Waals surface area contributed by atoms with Crippen molar-refractivity contribution < 1.29 is 0 Å². The molecule has 1 unspecified atom stereocenters. The fourth-order valence-electron chi connectivity index (χ4n) is 2.45. The van der Waals surface area contributed by atoms with Crippen LogP contribution in [0.3, 0.4) is 0 Å². The molecule has 80 valence electrons. The van der Waals surface area contributed by atoms with Crippen LogP contribution in [0.5, 0.6) is 0 Å². The second kappa shape index (κ2) is 6.90. The zero-order chi connectivity index (χ0) is 10.2. The highest BCUT2D eigenvalue weighted by Crippen LogP contribution is 2.26. The van der Waals surface area contributed by atoms with Crippen LogP contribution in [0.1, 0.15) is 51.4 Å². The first kappa shape index (κ1) is 11.6. The molecule has 14 heavy (non-hydrogen) atoms. The predicted octanol–water partition coefficient (Wildman–Crippen LogP) is 2.96. The lowest BCUT2D eigenvalue weighted by Gasteiger charge is -2.20. The topological polar surface area (TPSA) is 12.0 Å². The molecular formula is C13H23N. The Balaban J connectivity index is 2.28. The summed E-state index contributed by atoms with van der Waals surface area (Å²) in [7, 11) is 2.03. The van der Waals surface area contributed by atoms with Gasteiger partial charge in [-0.1, -0.05) is 38.5 Å². The fraction of sp³-hybridized carbons (Fsp3) is 0.846. The summed E-state index contributed by atoms with van der Waals surface area (Å²) in [5.41, 5.74) is 0. The van der Waals surface area contributed by atoms with Gasteiger partial charge in [0.1, 0.15) is 0 Å². The maximum absolute atomic E-state index is 5.35. The molecule has 0 aromatic carbocycles. The van der Waals surface area contributed by atoms with Crippen LogP contribution in [0.25, 0.3) is 0 Å². The van der Waals surface area contributed by atoms with Crippen LogP contribution in [0, 0.1) is 18.3 Å². The maximum atomic E-state index is 5.35. The van der Waals surface area contributed by atoms with Crippen LogP contribution in [0.15, 0.2) is 0 Å². The molecule has 1 nitrogen and oxygen atoms in total. The minimum Gasteiger partial charge on any atom is -0.316 e. The third-order valence-electron chi connectivity index (χ3n) is 3.37. The molecule has 0 radical (unpaired) electrons. The quantitative estimate of drug-likeness (QED) is 0.534. The van der Waals surface area contributed by atoms with Crippen molar-refractivity contribution in [3.63, 3.8) is 0 Å². The number of rotatable bonds is 4. The molecule has 0 aromatic rings. The van der Waals surface area contributed by atoms with Gasteiger partial charge in [-0.2, -0.15) is 0 Å². The molecule has 1 fully saturated rings. The van der Waals surface area contributed by atoms with E-state index in [-0.39, 0.29) is 0 Å². The van der Waals surface area contributed by atoms with Gasteiger partial charge in [-0.3, -0.25) is 0 Å². The van der Waals surface area contributed by atoms with Gasteiger partial charge in [0.15, 0.2) is 0 Å². The third kappa shape index (κ3) is 4.15. The standard InChI is InChI=1S/C13H23N/c1-3-8-13(14-2)11-12-9-6-4-5-7-10-12/h1,12-14H,4-11H2,2H3. The molecule has 1 aliphatic carbocycles. The lowest BCUT2D eigenvalue weighted by atomic mass is 9.91. The molecule has 0 aromatic heterocycles. The molecule has 1 atom stereocenters. The molecule has 1 aliphatic rings. The summed E-state index contributed by atoms with van der Waals surface area (Å²) < 4.78 is 0. The van der Waals surface area contributed by atoms with Crippen LogP contribution in [-0.4, -0.2) is 13.1 Å². The van der Waals surface area contributed by atoms with Gasteiger partial charge in [0.05, 0.1) is 0 Å². The van der Waals surface area contributed by atoms with E-state index in [9.17, 15) is 0 Å². The summed E-state index contributed by atoms with van der Waals surface area (Å²) in [5.74, 6) is 3.68. The first-order valence-corrected chi connectivity index (χ1v) is 5.97. The summed E-state index contributed by atoms with van der Waals surface area (Å²) in [6, 6.07) is 0.545. The Morgan fingerprint density at radius 1 is 1.29 bits per heavy atom. The zero-order valence-corrected chi connectivity index (χ0v) is 9.39. The van der Waals surface area contributed by atoms with E-state index < -0.39 is 0 Å². The molecule has 1 saturated carbocycles. The molecule has 0 saturated heterocycles. The lowest BCUT2D eigenvalue weighted by Crippen LogP contribution is -2.27. The molecule has 0 bridgehead atoms. The lowest BCUT2D eigenvalue weighted by molar-refractivity contribution is 0.366. The van der Waals surface area contributed by atoms with Crippen LogP contribution >= 0.6 is 0 Å². The Hall–Kier alpha value is -0.480. The molecule has 0 spiro atoms. The first-order valence-electron chi connectivity index (χ1n) is 5.97. The summed E-state index contributed by atoms with van der Waals surface area (Å²) in [6.07, 6.45) is 16.1. The minimum atomic E-state index is 0.545. The molecule has 1 heteroatoms. The highest BCUT2D eigenvalue weighted by Gasteiger charge is 2.16. The van der Waals surface area contributed by atoms with Gasteiger partial charge in [0.2, 0.25) is 0 Å². The van der Waals surface area contributed by atoms with Gasteiger partial charge in [-0.15, -0.1) is 12.3 Å². The minimum absolute atomic E-state index is 0.545. The predicted molar refractivity (Wildman–Crippen MR) is 62.1 cm³/mol. The SMILES string of the molecule is C#CCC(CC1CCCCCC1)NC. The highest BCUT2D eigenvalue weighted by molar-refractivity contribution is 4.90. The van der Waals surface area contributed by atoms with E-state index in [1.165, 1.54) is 44.9 Å². The van der Waals surface area contributed by atoms with Gasteiger partial charge in [-0.25, -0.2) is 0 Å². The van der Waals surface area contributed by atoms with E-state index in [0.717, 1.165) is 12.3 Å². The molecular weight excluding hydrogens is 170 g/mol. The van der Waals surface area contributed by atoms with Crippen molar-refractivity contribution in [3.8, 4) is 12.3 Å². The fourth-order valence-corrected chi connectivity index (χ4v) is 2.45. The van der Waals surface area contributed by atoms with Crippen LogP contribution < -0.4 is 5.32 Å². The summed E-state index contributed by atoms with van der Waals surface area (Å²) in [6.45, 7) is 0. The Kier molecular flexibility index (Phi) is 5.71. The van der Waals surface area contributed by atoms with Crippen molar-refractivity contribution in [3.05, 3.63) is 0 Å². The van der Waals surface area contributed by atoms with E-state index in [1.807, 2.05) is 7.05 Å². The summed E-state index contributed by atoms with van der Waals surface area (Å²) in [5, 5.41) is 3.33. The number of hydrogen-bond acceptors (Lipinski definition) is 1. The largest absolute Gasteiger partial charge is 0.316 e. The monoisotopic (exact) mass is 193 g/mol. The number of hydrogen-bond donors (Lipinski definition) is 1. The highest BCUT2D eigenvalue weighted by atomic mass is 14.9. The Labute approximate surface area is 88.7 Å². The van der Waals surface area contributed by atoms with E-state index in [1.54, 1.807) is 0 Å². The number of terminal acetylenes is 1. The van der Waals surface area contributed by atoms with Gasteiger partial charge in [-0.05, 0) is 19.4 Å². The average Bonchev–Trinajstić information content (AvgIpc) is 2.45. The van der Waals surface area contributed by atoms with Gasteiger partial charge >= 0.3 is 0 Å². The Morgan fingerprint density at radius 3 is 2.43 bits per heavy atom. The molecule has 1 N–H and O–H groups in total. The van der Waals surface area contributed by atoms with Crippen LogP contribution in [0.4, 0.5) is 0 Å². The summed E-state index contributed by atoms with van der Waals surface area (Å²) in [4.78, 5) is 0. The smallest absolute Gasteiger partial charge is 0.0240 e. The Bertz CT molecular complexity index is 172. The van der Waals surface area contributed by atoms with E-state index in [2.05, 4.69) is 11.2 Å². The van der Waals surface area contributed by atoms with E-state index in [4.69, 9.17) is 6.42 Å². The van der Waals surface area contributed by atoms with Gasteiger partial charge in [0, 0.05) is 12.5 Å². The van der Waals surface area contributed by atoms with Crippen molar-refractivity contribution >= 4 is 0 Å². The average molecular weight is 193 g/mol. The second-order valence-corrected chi connectivity index (χ2v) is 4.49. The van der Waals surface area contributed by atoms with E-state index in [0.29, 0.717) is 6.04 Å². The first-order chi connectivity index (χ1) is 6.86. The Morgan fingerprint density at radius 2 is 1.93 bits per heavy atom. The zero-order valence-electron chi connectivity index (χ0n) is 9.39. The molecule has 1 rings (SSSR count). The van der Waals surface area contributed by atoms with Crippen molar-refractivity contribution in [1.82, 2.24) is 5.32 Å². The third-order valence-corrected chi connectivity index (χ3v) is 3.37. The van der Waals surface area contributed by atoms with Gasteiger partial charge < -0.3 is 5.32 Å². The molecule has 0 aliphatic heterocycles. The maximum Gasteiger partial charge on any atom is 0.0240 e. The van der Waals surface area contributed by atoms with Crippen LogP contribution in [-0.2, 0) is 0 Å². The van der Waals surface area contributed by atoms with Crippen molar-refractivity contribution in [2.45, 2.75) is 57.4 Å². The van der Waals surface area contributed by atoms with Crippen molar-refractivity contribution in [2.75, 3.05) is 7.05 Å². The van der Waals surface area contributed by atoms with Gasteiger partial charge in [0.25, 0.3) is 0 Å². The second-order valence-electron chi connectivity index (χ2n) is 4.49. The van der Waals surface area contributed by atoms with Crippen molar-refractivity contribution in [2.24, 2.45) is 5.92 Å². The molecule has 0 amide bonds. The summed E-state index contributed by atoms with van der Waals surface area (Å²) >= 11 is 0. The van der Waals surface area contributed by atoms with Crippen LogP contribution in [0.2, 0.25) is 0 Å².